The first-order valence-electron chi connectivity index (χ1n) is 5.11. The van der Waals surface area contributed by atoms with Crippen LogP contribution in [0, 0.1) is 6.92 Å². The van der Waals surface area contributed by atoms with Crippen molar-refractivity contribution in [2.75, 3.05) is 0 Å². The van der Waals surface area contributed by atoms with Gasteiger partial charge >= 0.3 is 0 Å². The van der Waals surface area contributed by atoms with Crippen LogP contribution in [0.25, 0.3) is 0 Å². The molecule has 2 unspecified atom stereocenters. The molecule has 1 nitrogen and oxygen atoms in total. The Morgan fingerprint density at radius 2 is 1.60 bits per heavy atom. The largest absolute Gasteiger partial charge is 0.302 e. The summed E-state index contributed by atoms with van der Waals surface area (Å²) in [5.41, 5.74) is 2.21. The molecule has 15 heavy (non-hydrogen) atoms. The van der Waals surface area contributed by atoms with E-state index in [1.54, 1.807) is 0 Å². The maximum Gasteiger partial charge on any atom is 0.253 e. The van der Waals surface area contributed by atoms with Crippen molar-refractivity contribution in [2.45, 2.75) is 39.3 Å². The van der Waals surface area contributed by atoms with E-state index >= 15 is 0 Å². The van der Waals surface area contributed by atoms with Crippen LogP contribution in [0.1, 0.15) is 31.0 Å². The van der Waals surface area contributed by atoms with Gasteiger partial charge in [-0.3, -0.25) is 0 Å². The maximum atomic E-state index is 12.3. The molecule has 0 saturated heterocycles. The molecule has 0 saturated carbocycles. The normalized spacial score (nSPS) is 15.3. The van der Waals surface area contributed by atoms with E-state index in [1.165, 1.54) is 12.5 Å². The lowest BCUT2D eigenvalue weighted by Crippen LogP contribution is -2.34. The van der Waals surface area contributed by atoms with Crippen LogP contribution in [0.2, 0.25) is 0 Å². The van der Waals surface area contributed by atoms with E-state index in [0.29, 0.717) is 0 Å². The van der Waals surface area contributed by atoms with Gasteiger partial charge in [-0.2, -0.15) is 0 Å². The highest BCUT2D eigenvalue weighted by Crippen LogP contribution is 2.15. The number of alkyl halides is 2. The molecule has 0 bridgehead atoms. The van der Waals surface area contributed by atoms with Gasteiger partial charge in [-0.25, -0.2) is 8.78 Å². The lowest BCUT2D eigenvalue weighted by atomic mass is 10.1. The zero-order valence-corrected chi connectivity index (χ0v) is 9.30. The molecule has 0 spiro atoms. The third-order valence-electron chi connectivity index (χ3n) is 2.47. The van der Waals surface area contributed by atoms with E-state index in [-0.39, 0.29) is 6.04 Å². The summed E-state index contributed by atoms with van der Waals surface area (Å²) in [6, 6.07) is 7.08. The molecule has 1 aromatic rings. The van der Waals surface area contributed by atoms with Crippen LogP contribution < -0.4 is 5.32 Å². The van der Waals surface area contributed by atoms with Gasteiger partial charge < -0.3 is 5.32 Å². The highest BCUT2D eigenvalue weighted by Gasteiger charge is 2.17. The smallest absolute Gasteiger partial charge is 0.253 e. The molecule has 0 aliphatic carbocycles. The monoisotopic (exact) mass is 213 g/mol. The van der Waals surface area contributed by atoms with Crippen molar-refractivity contribution >= 4 is 0 Å². The number of aryl methyl sites for hydroxylation is 1. The average molecular weight is 213 g/mol. The summed E-state index contributed by atoms with van der Waals surface area (Å²) in [6.07, 6.45) is -2.32. The number of nitrogens with one attached hydrogen (secondary N) is 1. The molecule has 3 heteroatoms. The fraction of sp³-hybridized carbons (Fsp3) is 0.500. The molecule has 0 heterocycles. The Morgan fingerprint density at radius 1 is 1.07 bits per heavy atom. The van der Waals surface area contributed by atoms with Gasteiger partial charge in [0.2, 0.25) is 0 Å². The Hall–Kier alpha value is -0.960. The number of hydrogen-bond donors (Lipinski definition) is 1. The molecule has 84 valence electrons. The second-order valence-electron chi connectivity index (χ2n) is 3.92. The molecule has 0 aliphatic rings. The van der Waals surface area contributed by atoms with Crippen LogP contribution >= 0.6 is 0 Å². The molecule has 0 amide bonds. The number of hydrogen-bond acceptors (Lipinski definition) is 1. The van der Waals surface area contributed by atoms with Gasteiger partial charge in [0.25, 0.3) is 6.43 Å². The van der Waals surface area contributed by atoms with E-state index in [9.17, 15) is 8.78 Å². The Bertz CT molecular complexity index is 295. The van der Waals surface area contributed by atoms with Crippen LogP contribution in [-0.2, 0) is 0 Å². The molecular weight excluding hydrogens is 196 g/mol. The van der Waals surface area contributed by atoms with Crippen molar-refractivity contribution < 1.29 is 8.78 Å². The third kappa shape index (κ3) is 3.59. The molecule has 2 atom stereocenters. The van der Waals surface area contributed by atoms with E-state index in [4.69, 9.17) is 0 Å². The number of benzene rings is 1. The van der Waals surface area contributed by atoms with Crippen LogP contribution in [-0.4, -0.2) is 12.5 Å². The Labute approximate surface area is 89.5 Å². The van der Waals surface area contributed by atoms with E-state index in [2.05, 4.69) is 5.32 Å². The minimum absolute atomic E-state index is 0.0467. The van der Waals surface area contributed by atoms with Crippen molar-refractivity contribution in [1.29, 1.82) is 0 Å². The summed E-state index contributed by atoms with van der Waals surface area (Å²) in [7, 11) is 0. The fourth-order valence-electron chi connectivity index (χ4n) is 1.42. The van der Waals surface area contributed by atoms with Gasteiger partial charge in [-0.05, 0) is 26.3 Å². The highest BCUT2D eigenvalue weighted by molar-refractivity contribution is 5.23. The second kappa shape index (κ2) is 5.21. The molecular formula is C12H17F2N. The van der Waals surface area contributed by atoms with Gasteiger partial charge in [-0.1, -0.05) is 29.8 Å². The molecule has 0 radical (unpaired) electrons. The van der Waals surface area contributed by atoms with Crippen molar-refractivity contribution in [3.05, 3.63) is 35.4 Å². The summed E-state index contributed by atoms with van der Waals surface area (Å²) >= 11 is 0. The topological polar surface area (TPSA) is 12.0 Å². The number of halogens is 2. The first-order valence-corrected chi connectivity index (χ1v) is 5.11. The lowest BCUT2D eigenvalue weighted by Gasteiger charge is -2.19. The summed E-state index contributed by atoms with van der Waals surface area (Å²) < 4.78 is 24.6. The zero-order chi connectivity index (χ0) is 11.4. The van der Waals surface area contributed by atoms with Crippen LogP contribution in [0.5, 0.6) is 0 Å². The summed E-state index contributed by atoms with van der Waals surface area (Å²) in [6.45, 7) is 5.39. The fourth-order valence-corrected chi connectivity index (χ4v) is 1.42. The second-order valence-corrected chi connectivity index (χ2v) is 3.92. The van der Waals surface area contributed by atoms with Crippen molar-refractivity contribution in [3.63, 3.8) is 0 Å². The predicted octanol–water partition coefficient (Wildman–Crippen LogP) is 3.30. The van der Waals surface area contributed by atoms with E-state index in [1.807, 2.05) is 38.1 Å². The van der Waals surface area contributed by atoms with Gasteiger partial charge in [0, 0.05) is 6.04 Å². The van der Waals surface area contributed by atoms with Gasteiger partial charge in [0.1, 0.15) is 0 Å². The van der Waals surface area contributed by atoms with Crippen molar-refractivity contribution in [3.8, 4) is 0 Å². The zero-order valence-electron chi connectivity index (χ0n) is 9.30. The van der Waals surface area contributed by atoms with Gasteiger partial charge in [-0.15, -0.1) is 0 Å². The van der Waals surface area contributed by atoms with Gasteiger partial charge in [0.05, 0.1) is 6.04 Å². The Balaban J connectivity index is 2.61. The molecule has 1 rings (SSSR count). The quantitative estimate of drug-likeness (QED) is 0.809. The maximum absolute atomic E-state index is 12.3. The predicted molar refractivity (Wildman–Crippen MR) is 58.2 cm³/mol. The molecule has 0 aromatic heterocycles. The number of rotatable bonds is 4. The lowest BCUT2D eigenvalue weighted by molar-refractivity contribution is 0.101. The first-order chi connectivity index (χ1) is 7.00. The minimum Gasteiger partial charge on any atom is -0.302 e. The van der Waals surface area contributed by atoms with Crippen molar-refractivity contribution in [2.24, 2.45) is 0 Å². The highest BCUT2D eigenvalue weighted by atomic mass is 19.3. The molecule has 0 aliphatic heterocycles. The van der Waals surface area contributed by atoms with E-state index < -0.39 is 12.5 Å². The van der Waals surface area contributed by atoms with Crippen molar-refractivity contribution in [1.82, 2.24) is 5.32 Å². The standard InChI is InChI=1S/C12H17F2N/c1-8-4-6-11(7-5-8)9(2)15-10(3)12(13)14/h4-7,9-10,12,15H,1-3H3. The Kier molecular flexibility index (Phi) is 4.21. The summed E-state index contributed by atoms with van der Waals surface area (Å²) in [5, 5.41) is 2.87. The summed E-state index contributed by atoms with van der Waals surface area (Å²) in [4.78, 5) is 0. The average Bonchev–Trinajstić information content (AvgIpc) is 2.18. The minimum atomic E-state index is -2.32. The van der Waals surface area contributed by atoms with Crippen LogP contribution in [0.4, 0.5) is 8.78 Å². The first kappa shape index (κ1) is 12.1. The van der Waals surface area contributed by atoms with Gasteiger partial charge in [0.15, 0.2) is 0 Å². The summed E-state index contributed by atoms with van der Waals surface area (Å²) in [5.74, 6) is 0. The Morgan fingerprint density at radius 3 is 2.07 bits per heavy atom. The van der Waals surface area contributed by atoms with E-state index in [0.717, 1.165) is 5.56 Å². The molecule has 1 aromatic carbocycles. The third-order valence-corrected chi connectivity index (χ3v) is 2.47. The SMILES string of the molecule is Cc1ccc(C(C)NC(C)C(F)F)cc1. The van der Waals surface area contributed by atoms with Crippen LogP contribution in [0.3, 0.4) is 0 Å². The molecule has 1 N–H and O–H groups in total. The molecule has 0 fully saturated rings. The van der Waals surface area contributed by atoms with Crippen LogP contribution in [0.15, 0.2) is 24.3 Å².